The Balaban J connectivity index is 2.10. The molecule has 0 aliphatic heterocycles. The van der Waals surface area contributed by atoms with Gasteiger partial charge in [0, 0.05) is 30.2 Å². The van der Waals surface area contributed by atoms with E-state index in [1.807, 2.05) is 25.2 Å². The second-order valence-electron chi connectivity index (χ2n) is 5.24. The molecule has 1 N–H and O–H groups in total. The van der Waals surface area contributed by atoms with Crippen molar-refractivity contribution in [3.63, 3.8) is 0 Å². The minimum Gasteiger partial charge on any atom is -0.382 e. The Morgan fingerprint density at radius 3 is 2.78 bits per heavy atom. The van der Waals surface area contributed by atoms with Crippen LogP contribution in [0.2, 0.25) is 0 Å². The normalized spacial score (nSPS) is 16.8. The summed E-state index contributed by atoms with van der Waals surface area (Å²) in [6.45, 7) is 2.20. The van der Waals surface area contributed by atoms with Gasteiger partial charge in [0.05, 0.1) is 5.52 Å². The fraction of sp³-hybridized carbons (Fsp3) is 0.400. The molecule has 1 unspecified atom stereocenters. The predicted molar refractivity (Wildman–Crippen MR) is 75.0 cm³/mol. The number of nitrogens with zero attached hydrogens (tertiary/aromatic N) is 1. The quantitative estimate of drug-likeness (QED) is 0.898. The highest BCUT2D eigenvalue weighted by molar-refractivity contribution is 5.91. The lowest BCUT2D eigenvalue weighted by atomic mass is 10.1. The van der Waals surface area contributed by atoms with E-state index in [0.29, 0.717) is 6.04 Å². The number of pyridine rings is 1. The number of fused-ring (bicyclic) bond motifs is 1. The second kappa shape index (κ2) is 4.16. The molecule has 1 atom stereocenters. The molecule has 0 spiro atoms. The molecule has 1 aromatic heterocycles. The molecule has 1 aliphatic carbocycles. The highest BCUT2D eigenvalue weighted by Gasteiger charge is 2.28. The molecule has 2 aromatic rings. The Morgan fingerprint density at radius 1 is 1.33 bits per heavy atom. The summed E-state index contributed by atoms with van der Waals surface area (Å²) in [4.78, 5) is 11.9. The number of hydrogen-bond donors (Lipinski definition) is 1. The van der Waals surface area contributed by atoms with Crippen LogP contribution in [0.3, 0.4) is 0 Å². The van der Waals surface area contributed by atoms with Gasteiger partial charge in [-0.3, -0.25) is 4.79 Å². The van der Waals surface area contributed by atoms with Crippen LogP contribution in [0.4, 0.5) is 5.69 Å². The standard InChI is InChI=1S/C15H18N2O/c1-10(11-7-8-11)16-13-9-15(18)17(2)14-6-4-3-5-12(13)14/h3-6,9-11,16H,7-8H2,1-2H3. The van der Waals surface area contributed by atoms with Gasteiger partial charge in [0.2, 0.25) is 0 Å². The van der Waals surface area contributed by atoms with Crippen molar-refractivity contribution in [3.8, 4) is 0 Å². The molecule has 18 heavy (non-hydrogen) atoms. The Kier molecular flexibility index (Phi) is 2.62. The zero-order valence-corrected chi connectivity index (χ0v) is 10.8. The maximum atomic E-state index is 11.9. The Labute approximate surface area is 106 Å². The summed E-state index contributed by atoms with van der Waals surface area (Å²) in [6, 6.07) is 10.2. The van der Waals surface area contributed by atoms with Gasteiger partial charge < -0.3 is 9.88 Å². The molecule has 1 fully saturated rings. The Hall–Kier alpha value is -1.77. The summed E-state index contributed by atoms with van der Waals surface area (Å²) < 4.78 is 1.70. The van der Waals surface area contributed by atoms with Crippen molar-refractivity contribution in [2.45, 2.75) is 25.8 Å². The average molecular weight is 242 g/mol. The minimum absolute atomic E-state index is 0.0409. The third kappa shape index (κ3) is 1.90. The fourth-order valence-corrected chi connectivity index (χ4v) is 2.49. The zero-order chi connectivity index (χ0) is 12.7. The van der Waals surface area contributed by atoms with Crippen molar-refractivity contribution < 1.29 is 0 Å². The lowest BCUT2D eigenvalue weighted by Crippen LogP contribution is -2.22. The first-order valence-electron chi connectivity index (χ1n) is 6.52. The number of para-hydroxylation sites is 1. The molecule has 0 bridgehead atoms. The van der Waals surface area contributed by atoms with Gasteiger partial charge in [0.1, 0.15) is 0 Å². The van der Waals surface area contributed by atoms with Crippen molar-refractivity contribution in [1.82, 2.24) is 4.57 Å². The first-order valence-corrected chi connectivity index (χ1v) is 6.52. The molecule has 0 amide bonds. The van der Waals surface area contributed by atoms with Crippen LogP contribution in [0, 0.1) is 5.92 Å². The van der Waals surface area contributed by atoms with E-state index in [0.717, 1.165) is 22.5 Å². The van der Waals surface area contributed by atoms with Gasteiger partial charge in [-0.2, -0.15) is 0 Å². The van der Waals surface area contributed by atoms with E-state index in [2.05, 4.69) is 18.3 Å². The van der Waals surface area contributed by atoms with Gasteiger partial charge in [-0.1, -0.05) is 18.2 Å². The number of rotatable bonds is 3. The largest absolute Gasteiger partial charge is 0.382 e. The van der Waals surface area contributed by atoms with Crippen LogP contribution in [0.1, 0.15) is 19.8 Å². The topological polar surface area (TPSA) is 34.0 Å². The summed E-state index contributed by atoms with van der Waals surface area (Å²) in [5, 5.41) is 4.62. The summed E-state index contributed by atoms with van der Waals surface area (Å²) >= 11 is 0. The van der Waals surface area contributed by atoms with Gasteiger partial charge in [-0.05, 0) is 31.7 Å². The Morgan fingerprint density at radius 2 is 2.06 bits per heavy atom. The maximum Gasteiger partial charge on any atom is 0.252 e. The Bertz CT molecular complexity index is 640. The van der Waals surface area contributed by atoms with E-state index in [-0.39, 0.29) is 5.56 Å². The van der Waals surface area contributed by atoms with Crippen molar-refractivity contribution in [2.24, 2.45) is 13.0 Å². The van der Waals surface area contributed by atoms with Crippen LogP contribution in [-0.4, -0.2) is 10.6 Å². The first-order chi connectivity index (χ1) is 8.66. The summed E-state index contributed by atoms with van der Waals surface area (Å²) in [6.07, 6.45) is 2.61. The molecule has 94 valence electrons. The van der Waals surface area contributed by atoms with Crippen LogP contribution in [0.15, 0.2) is 35.1 Å². The lowest BCUT2D eigenvalue weighted by Gasteiger charge is -2.17. The maximum absolute atomic E-state index is 11.9. The van der Waals surface area contributed by atoms with Crippen LogP contribution >= 0.6 is 0 Å². The first kappa shape index (κ1) is 11.3. The van der Waals surface area contributed by atoms with Crippen molar-refractivity contribution in [1.29, 1.82) is 0 Å². The van der Waals surface area contributed by atoms with Gasteiger partial charge in [-0.25, -0.2) is 0 Å². The smallest absolute Gasteiger partial charge is 0.252 e. The molecule has 1 aromatic carbocycles. The molecule has 3 nitrogen and oxygen atoms in total. The molecule has 1 heterocycles. The molecular formula is C15H18N2O. The summed E-state index contributed by atoms with van der Waals surface area (Å²) in [5.74, 6) is 0.771. The summed E-state index contributed by atoms with van der Waals surface area (Å²) in [5.41, 5.74) is 1.99. The van der Waals surface area contributed by atoms with E-state index in [9.17, 15) is 4.79 Å². The number of hydrogen-bond acceptors (Lipinski definition) is 2. The highest BCUT2D eigenvalue weighted by atomic mass is 16.1. The van der Waals surface area contributed by atoms with Crippen molar-refractivity contribution in [3.05, 3.63) is 40.7 Å². The van der Waals surface area contributed by atoms with Crippen LogP contribution in [-0.2, 0) is 7.05 Å². The SMILES string of the molecule is CC(Nc1cc(=O)n(C)c2ccccc12)C1CC1. The van der Waals surface area contributed by atoms with Crippen LogP contribution in [0.5, 0.6) is 0 Å². The molecule has 1 aliphatic rings. The van der Waals surface area contributed by atoms with Gasteiger partial charge in [-0.15, -0.1) is 0 Å². The highest BCUT2D eigenvalue weighted by Crippen LogP contribution is 2.34. The van der Waals surface area contributed by atoms with E-state index < -0.39 is 0 Å². The molecule has 0 saturated heterocycles. The second-order valence-corrected chi connectivity index (χ2v) is 5.24. The number of aryl methyl sites for hydroxylation is 1. The number of benzene rings is 1. The van der Waals surface area contributed by atoms with E-state index in [1.165, 1.54) is 12.8 Å². The van der Waals surface area contributed by atoms with E-state index >= 15 is 0 Å². The van der Waals surface area contributed by atoms with Gasteiger partial charge in [0.15, 0.2) is 0 Å². The molecule has 3 rings (SSSR count). The van der Waals surface area contributed by atoms with Crippen molar-refractivity contribution in [2.75, 3.05) is 5.32 Å². The van der Waals surface area contributed by atoms with Crippen molar-refractivity contribution >= 4 is 16.6 Å². The van der Waals surface area contributed by atoms with Crippen LogP contribution in [0.25, 0.3) is 10.9 Å². The molecule has 1 saturated carbocycles. The lowest BCUT2D eigenvalue weighted by molar-refractivity contribution is 0.694. The van der Waals surface area contributed by atoms with E-state index in [4.69, 9.17) is 0 Å². The number of anilines is 1. The van der Waals surface area contributed by atoms with E-state index in [1.54, 1.807) is 10.6 Å². The summed E-state index contributed by atoms with van der Waals surface area (Å²) in [7, 11) is 1.82. The third-order valence-corrected chi connectivity index (χ3v) is 3.87. The van der Waals surface area contributed by atoms with Gasteiger partial charge >= 0.3 is 0 Å². The molecule has 0 radical (unpaired) electrons. The number of aromatic nitrogens is 1. The minimum atomic E-state index is 0.0409. The zero-order valence-electron chi connectivity index (χ0n) is 10.8. The van der Waals surface area contributed by atoms with Gasteiger partial charge in [0.25, 0.3) is 5.56 Å². The molecular weight excluding hydrogens is 224 g/mol. The predicted octanol–water partition coefficient (Wildman–Crippen LogP) is 2.75. The third-order valence-electron chi connectivity index (χ3n) is 3.87. The number of nitrogens with one attached hydrogen (secondary N) is 1. The molecule has 3 heteroatoms. The average Bonchev–Trinajstić information content (AvgIpc) is 3.20. The fourth-order valence-electron chi connectivity index (χ4n) is 2.49. The van der Waals surface area contributed by atoms with Crippen LogP contribution < -0.4 is 10.9 Å². The monoisotopic (exact) mass is 242 g/mol.